The monoisotopic (exact) mass is 321 g/mol. The molecule has 7 nitrogen and oxygen atoms in total. The quantitative estimate of drug-likeness (QED) is 0.843. The highest BCUT2D eigenvalue weighted by molar-refractivity contribution is 6.02. The lowest BCUT2D eigenvalue weighted by atomic mass is 10.1. The van der Waals surface area contributed by atoms with Crippen LogP contribution in [-0.4, -0.2) is 29.9 Å². The summed E-state index contributed by atoms with van der Waals surface area (Å²) in [6.45, 7) is 5.38. The second kappa shape index (κ2) is 6.20. The SMILES string of the molecule is COC(=O)c1cc(O)cc2cc(CNC(=O)OC(C)(C)C)oc12. The van der Waals surface area contributed by atoms with E-state index in [1.807, 2.05) is 0 Å². The number of hydrogen-bond acceptors (Lipinski definition) is 6. The number of ether oxygens (including phenoxy) is 2. The zero-order valence-corrected chi connectivity index (χ0v) is 13.4. The van der Waals surface area contributed by atoms with Gasteiger partial charge in [0.15, 0.2) is 0 Å². The van der Waals surface area contributed by atoms with E-state index in [1.54, 1.807) is 26.8 Å². The van der Waals surface area contributed by atoms with Crippen LogP contribution < -0.4 is 5.32 Å². The molecule has 1 aromatic heterocycles. The molecule has 0 bridgehead atoms. The van der Waals surface area contributed by atoms with Gasteiger partial charge in [0.2, 0.25) is 0 Å². The summed E-state index contributed by atoms with van der Waals surface area (Å²) in [5.41, 5.74) is -0.191. The smallest absolute Gasteiger partial charge is 0.408 e. The third-order valence-electron chi connectivity index (χ3n) is 2.86. The molecular formula is C16H19NO6. The molecule has 124 valence electrons. The number of amides is 1. The summed E-state index contributed by atoms with van der Waals surface area (Å²) < 4.78 is 15.4. The number of phenolic OH excluding ortho intramolecular Hbond substituents is 1. The van der Waals surface area contributed by atoms with Crippen LogP contribution in [0, 0.1) is 0 Å². The van der Waals surface area contributed by atoms with Crippen LogP contribution >= 0.6 is 0 Å². The van der Waals surface area contributed by atoms with Gasteiger partial charge in [0.1, 0.15) is 28.3 Å². The molecule has 0 fully saturated rings. The number of carbonyl (C=O) groups is 2. The van der Waals surface area contributed by atoms with Crippen molar-refractivity contribution in [3.63, 3.8) is 0 Å². The lowest BCUT2D eigenvalue weighted by Gasteiger charge is -2.19. The number of nitrogens with one attached hydrogen (secondary N) is 1. The molecular weight excluding hydrogens is 302 g/mol. The van der Waals surface area contributed by atoms with Gasteiger partial charge in [0, 0.05) is 5.39 Å². The molecule has 0 spiro atoms. The van der Waals surface area contributed by atoms with Crippen molar-refractivity contribution in [3.05, 3.63) is 29.5 Å². The van der Waals surface area contributed by atoms with Crippen molar-refractivity contribution in [2.45, 2.75) is 32.9 Å². The van der Waals surface area contributed by atoms with Crippen LogP contribution in [0.25, 0.3) is 11.0 Å². The molecule has 0 unspecified atom stereocenters. The maximum absolute atomic E-state index is 11.7. The Hall–Kier alpha value is -2.70. The van der Waals surface area contributed by atoms with Gasteiger partial charge in [-0.2, -0.15) is 0 Å². The summed E-state index contributed by atoms with van der Waals surface area (Å²) in [5.74, 6) is -0.279. The van der Waals surface area contributed by atoms with Crippen molar-refractivity contribution >= 4 is 23.0 Å². The van der Waals surface area contributed by atoms with Gasteiger partial charge in [-0.25, -0.2) is 9.59 Å². The number of aromatic hydroxyl groups is 1. The van der Waals surface area contributed by atoms with Crippen molar-refractivity contribution in [1.82, 2.24) is 5.32 Å². The fraction of sp³-hybridized carbons (Fsp3) is 0.375. The van der Waals surface area contributed by atoms with Gasteiger partial charge in [0.05, 0.1) is 13.7 Å². The maximum atomic E-state index is 11.7. The van der Waals surface area contributed by atoms with Crippen LogP contribution in [0.3, 0.4) is 0 Å². The topological polar surface area (TPSA) is 98.0 Å². The summed E-state index contributed by atoms with van der Waals surface area (Å²) in [6, 6.07) is 4.35. The molecule has 1 amide bonds. The Labute approximate surface area is 133 Å². The summed E-state index contributed by atoms with van der Waals surface area (Å²) in [4.78, 5) is 23.4. The number of rotatable bonds is 3. The van der Waals surface area contributed by atoms with Gasteiger partial charge >= 0.3 is 12.1 Å². The zero-order chi connectivity index (χ0) is 17.2. The van der Waals surface area contributed by atoms with Crippen molar-refractivity contribution in [2.75, 3.05) is 7.11 Å². The highest BCUT2D eigenvalue weighted by atomic mass is 16.6. The normalized spacial score (nSPS) is 11.3. The van der Waals surface area contributed by atoms with Crippen molar-refractivity contribution < 1.29 is 28.6 Å². The highest BCUT2D eigenvalue weighted by Gasteiger charge is 2.19. The Bertz CT molecular complexity index is 741. The van der Waals surface area contributed by atoms with Gasteiger partial charge in [0.25, 0.3) is 0 Å². The van der Waals surface area contributed by atoms with Crippen LogP contribution in [-0.2, 0) is 16.0 Å². The van der Waals surface area contributed by atoms with Crippen LogP contribution in [0.5, 0.6) is 5.75 Å². The van der Waals surface area contributed by atoms with Gasteiger partial charge in [-0.15, -0.1) is 0 Å². The Morgan fingerprint density at radius 1 is 1.26 bits per heavy atom. The van der Waals surface area contributed by atoms with Gasteiger partial charge in [-0.05, 0) is 39.0 Å². The highest BCUT2D eigenvalue weighted by Crippen LogP contribution is 2.28. The Balaban J connectivity index is 2.20. The second-order valence-corrected chi connectivity index (χ2v) is 5.97. The van der Waals surface area contributed by atoms with E-state index in [1.165, 1.54) is 19.2 Å². The maximum Gasteiger partial charge on any atom is 0.408 e. The minimum absolute atomic E-state index is 0.0784. The molecule has 0 saturated carbocycles. The van der Waals surface area contributed by atoms with E-state index < -0.39 is 17.7 Å². The number of esters is 1. The molecule has 0 aliphatic heterocycles. The lowest BCUT2D eigenvalue weighted by molar-refractivity contribution is 0.0518. The number of phenols is 1. The van der Waals surface area contributed by atoms with E-state index in [2.05, 4.69) is 10.1 Å². The van der Waals surface area contributed by atoms with E-state index in [9.17, 15) is 14.7 Å². The summed E-state index contributed by atoms with van der Waals surface area (Å²) in [6.07, 6.45) is -0.575. The first-order valence-electron chi connectivity index (χ1n) is 7.00. The standard InChI is InChI=1S/C16H19NO6/c1-16(2,3)23-15(20)17-8-11-6-9-5-10(18)7-12(13(9)22-11)14(19)21-4/h5-7,18H,8H2,1-4H3,(H,17,20). The first-order valence-corrected chi connectivity index (χ1v) is 7.00. The Morgan fingerprint density at radius 3 is 2.57 bits per heavy atom. The fourth-order valence-corrected chi connectivity index (χ4v) is 2.01. The Morgan fingerprint density at radius 2 is 1.96 bits per heavy atom. The third-order valence-corrected chi connectivity index (χ3v) is 2.86. The van der Waals surface area contributed by atoms with E-state index in [-0.39, 0.29) is 23.4 Å². The number of fused-ring (bicyclic) bond motifs is 1. The van der Waals surface area contributed by atoms with Gasteiger partial charge < -0.3 is 24.3 Å². The largest absolute Gasteiger partial charge is 0.508 e. The molecule has 0 aliphatic rings. The summed E-state index contributed by atoms with van der Waals surface area (Å²) in [7, 11) is 1.24. The molecule has 23 heavy (non-hydrogen) atoms. The van der Waals surface area contributed by atoms with Crippen molar-refractivity contribution in [2.24, 2.45) is 0 Å². The number of methoxy groups -OCH3 is 1. The van der Waals surface area contributed by atoms with E-state index in [0.29, 0.717) is 11.1 Å². The number of carbonyl (C=O) groups excluding carboxylic acids is 2. The lowest BCUT2D eigenvalue weighted by Crippen LogP contribution is -2.32. The van der Waals surface area contributed by atoms with E-state index in [4.69, 9.17) is 9.15 Å². The summed E-state index contributed by atoms with van der Waals surface area (Å²) in [5, 5.41) is 12.8. The number of furan rings is 1. The minimum atomic E-state index is -0.619. The fourth-order valence-electron chi connectivity index (χ4n) is 2.01. The number of benzene rings is 1. The molecule has 1 aromatic carbocycles. The van der Waals surface area contributed by atoms with Gasteiger partial charge in [-0.3, -0.25) is 0 Å². The first-order chi connectivity index (χ1) is 10.7. The van der Waals surface area contributed by atoms with Crippen LogP contribution in [0.4, 0.5) is 4.79 Å². The van der Waals surface area contributed by atoms with Gasteiger partial charge in [-0.1, -0.05) is 0 Å². The molecule has 7 heteroatoms. The minimum Gasteiger partial charge on any atom is -0.508 e. The van der Waals surface area contributed by atoms with E-state index >= 15 is 0 Å². The first kappa shape index (κ1) is 16.7. The molecule has 0 aliphatic carbocycles. The van der Waals surface area contributed by atoms with Crippen molar-refractivity contribution in [1.29, 1.82) is 0 Å². The molecule has 0 atom stereocenters. The number of hydrogen-bond donors (Lipinski definition) is 2. The Kier molecular flexibility index (Phi) is 4.49. The molecule has 0 radical (unpaired) electrons. The predicted octanol–water partition coefficient (Wildman–Crippen LogP) is 2.95. The third kappa shape index (κ3) is 4.15. The van der Waals surface area contributed by atoms with E-state index in [0.717, 1.165) is 0 Å². The molecule has 2 aromatic rings. The van der Waals surface area contributed by atoms with Crippen LogP contribution in [0.2, 0.25) is 0 Å². The summed E-state index contributed by atoms with van der Waals surface area (Å²) >= 11 is 0. The molecule has 2 N–H and O–H groups in total. The average molecular weight is 321 g/mol. The average Bonchev–Trinajstić information content (AvgIpc) is 2.84. The second-order valence-electron chi connectivity index (χ2n) is 5.97. The predicted molar refractivity (Wildman–Crippen MR) is 82.3 cm³/mol. The van der Waals surface area contributed by atoms with Crippen LogP contribution in [0.1, 0.15) is 36.9 Å². The molecule has 1 heterocycles. The zero-order valence-electron chi connectivity index (χ0n) is 13.4. The van der Waals surface area contributed by atoms with Crippen molar-refractivity contribution in [3.8, 4) is 5.75 Å². The van der Waals surface area contributed by atoms with Crippen LogP contribution in [0.15, 0.2) is 22.6 Å². The number of alkyl carbamates (subject to hydrolysis) is 1. The molecule has 0 saturated heterocycles. The molecule has 2 rings (SSSR count).